The van der Waals surface area contributed by atoms with E-state index in [4.69, 9.17) is 16.3 Å². The van der Waals surface area contributed by atoms with Crippen molar-refractivity contribution in [1.29, 1.82) is 0 Å². The van der Waals surface area contributed by atoms with E-state index in [0.717, 1.165) is 30.2 Å². The minimum absolute atomic E-state index is 0.0169. The summed E-state index contributed by atoms with van der Waals surface area (Å²) in [6.07, 6.45) is 3.57. The van der Waals surface area contributed by atoms with Gasteiger partial charge in [-0.2, -0.15) is 9.97 Å². The normalized spacial score (nSPS) is 16.2. The van der Waals surface area contributed by atoms with E-state index >= 15 is 4.39 Å². The monoisotopic (exact) mass is 569 g/mol. The van der Waals surface area contributed by atoms with Gasteiger partial charge in [0.25, 0.3) is 0 Å². The molecule has 2 aromatic heterocycles. The second-order valence-electron chi connectivity index (χ2n) is 9.70. The highest BCUT2D eigenvalue weighted by Crippen LogP contribution is 2.37. The van der Waals surface area contributed by atoms with Crippen LogP contribution in [0, 0.1) is 5.82 Å². The molecule has 1 atom stereocenters. The second kappa shape index (κ2) is 11.0. The Bertz CT molecular complexity index is 1660. The third-order valence-corrected chi connectivity index (χ3v) is 8.73. The Morgan fingerprint density at radius 3 is 2.74 bits per heavy atom. The third kappa shape index (κ3) is 5.54. The Balaban J connectivity index is 1.62. The Morgan fingerprint density at radius 2 is 2.03 bits per heavy atom. The van der Waals surface area contributed by atoms with E-state index < -0.39 is 15.7 Å². The molecule has 8 nitrogen and oxygen atoms in total. The molecule has 0 unspecified atom stereocenters. The molecule has 0 bridgehead atoms. The maximum absolute atomic E-state index is 16.3. The summed E-state index contributed by atoms with van der Waals surface area (Å²) in [6.45, 7) is 4.81. The topological polar surface area (TPSA) is 88.5 Å². The number of halogens is 2. The number of benzene rings is 2. The lowest BCUT2D eigenvalue weighted by molar-refractivity contribution is 0.188. The van der Waals surface area contributed by atoms with Gasteiger partial charge in [0, 0.05) is 47.2 Å². The average molecular weight is 570 g/mol. The van der Waals surface area contributed by atoms with Crippen LogP contribution in [0.15, 0.2) is 54.6 Å². The molecule has 1 fully saturated rings. The summed E-state index contributed by atoms with van der Waals surface area (Å²) in [5.74, 6) is -0.495. The standard InChI is InChI=1S/C28H29ClFN5O3S/c1-4-39(36,37)15-14-35(3)27-21-16-31-25(20-11-5-8-18-9-6-12-22(29)23(18)20)24(30)26(21)32-28(33-27)38-17-19-10-7-13-34(19)2/h4-6,8-9,11-12,16,19H,1,7,10,13-15,17H2,2-3H3/t19-/m0/s1. The molecule has 3 heterocycles. The number of likely N-dealkylation sites (tertiary alicyclic amines) is 1. The van der Waals surface area contributed by atoms with E-state index in [1.165, 1.54) is 6.20 Å². The van der Waals surface area contributed by atoms with Crippen molar-refractivity contribution in [1.82, 2.24) is 19.9 Å². The van der Waals surface area contributed by atoms with Crippen molar-refractivity contribution >= 4 is 48.9 Å². The molecule has 1 saturated heterocycles. The highest BCUT2D eigenvalue weighted by molar-refractivity contribution is 7.94. The van der Waals surface area contributed by atoms with Gasteiger partial charge in [-0.05, 0) is 37.9 Å². The molecule has 2 aromatic carbocycles. The quantitative estimate of drug-likeness (QED) is 0.275. The number of likely N-dealkylation sites (N-methyl/N-ethyl adjacent to an activating group) is 1. The molecule has 5 rings (SSSR count). The van der Waals surface area contributed by atoms with Gasteiger partial charge in [-0.3, -0.25) is 4.98 Å². The largest absolute Gasteiger partial charge is 0.462 e. The van der Waals surface area contributed by atoms with E-state index in [0.29, 0.717) is 33.8 Å². The highest BCUT2D eigenvalue weighted by atomic mass is 35.5. The van der Waals surface area contributed by atoms with E-state index in [-0.39, 0.29) is 35.6 Å². The summed E-state index contributed by atoms with van der Waals surface area (Å²) in [7, 11) is 0.273. The van der Waals surface area contributed by atoms with Crippen LogP contribution in [-0.2, 0) is 9.84 Å². The zero-order valence-electron chi connectivity index (χ0n) is 21.8. The summed E-state index contributed by atoms with van der Waals surface area (Å²) < 4.78 is 46.4. The molecule has 0 aliphatic carbocycles. The molecule has 0 spiro atoms. The van der Waals surface area contributed by atoms with Gasteiger partial charge in [-0.15, -0.1) is 0 Å². The first kappa shape index (κ1) is 27.2. The van der Waals surface area contributed by atoms with Gasteiger partial charge < -0.3 is 14.5 Å². The van der Waals surface area contributed by atoms with Crippen molar-refractivity contribution in [3.8, 4) is 17.3 Å². The molecule has 0 amide bonds. The van der Waals surface area contributed by atoms with Crippen LogP contribution in [0.1, 0.15) is 12.8 Å². The molecule has 4 aromatic rings. The molecule has 1 aliphatic heterocycles. The number of fused-ring (bicyclic) bond motifs is 2. The number of hydrogen-bond donors (Lipinski definition) is 0. The maximum Gasteiger partial charge on any atom is 0.319 e. The first-order valence-corrected chi connectivity index (χ1v) is 14.7. The second-order valence-corrected chi connectivity index (χ2v) is 12.2. The van der Waals surface area contributed by atoms with Crippen molar-refractivity contribution in [2.24, 2.45) is 0 Å². The van der Waals surface area contributed by atoms with Gasteiger partial charge in [-0.25, -0.2) is 12.8 Å². The van der Waals surface area contributed by atoms with Crippen molar-refractivity contribution in [3.63, 3.8) is 0 Å². The third-order valence-electron chi connectivity index (χ3n) is 7.16. The van der Waals surface area contributed by atoms with Crippen molar-refractivity contribution in [2.75, 3.05) is 44.4 Å². The first-order chi connectivity index (χ1) is 18.7. The number of nitrogens with zero attached hydrogens (tertiary/aromatic N) is 5. The molecule has 1 aliphatic rings. The van der Waals surface area contributed by atoms with Crippen LogP contribution < -0.4 is 9.64 Å². The smallest absolute Gasteiger partial charge is 0.319 e. The van der Waals surface area contributed by atoms with Gasteiger partial charge in [0.05, 0.1) is 11.1 Å². The zero-order chi connectivity index (χ0) is 27.7. The Morgan fingerprint density at radius 1 is 1.26 bits per heavy atom. The summed E-state index contributed by atoms with van der Waals surface area (Å²) in [6, 6.07) is 11.2. The minimum Gasteiger partial charge on any atom is -0.462 e. The van der Waals surface area contributed by atoms with Crippen LogP contribution in [0.4, 0.5) is 10.2 Å². The summed E-state index contributed by atoms with van der Waals surface area (Å²) in [5, 5.41) is 3.30. The molecule has 39 heavy (non-hydrogen) atoms. The molecule has 0 saturated carbocycles. The number of pyridine rings is 1. The van der Waals surface area contributed by atoms with E-state index in [2.05, 4.69) is 26.4 Å². The molecule has 0 N–H and O–H groups in total. The Kier molecular flexibility index (Phi) is 7.70. The lowest BCUT2D eigenvalue weighted by Gasteiger charge is -2.22. The van der Waals surface area contributed by atoms with Gasteiger partial charge in [-0.1, -0.05) is 48.5 Å². The van der Waals surface area contributed by atoms with E-state index in [9.17, 15) is 8.42 Å². The maximum atomic E-state index is 16.3. The van der Waals surface area contributed by atoms with E-state index in [1.807, 2.05) is 31.3 Å². The summed E-state index contributed by atoms with van der Waals surface area (Å²) in [5.41, 5.74) is 0.671. The average Bonchev–Trinajstić information content (AvgIpc) is 3.35. The number of aromatic nitrogens is 3. The van der Waals surface area contributed by atoms with Crippen LogP contribution in [-0.4, -0.2) is 73.9 Å². The Labute approximate surface area is 232 Å². The van der Waals surface area contributed by atoms with Crippen LogP contribution in [0.25, 0.3) is 32.9 Å². The minimum atomic E-state index is -3.45. The van der Waals surface area contributed by atoms with Gasteiger partial charge >= 0.3 is 6.01 Å². The van der Waals surface area contributed by atoms with Crippen molar-refractivity contribution in [2.45, 2.75) is 18.9 Å². The van der Waals surface area contributed by atoms with Crippen LogP contribution >= 0.6 is 11.6 Å². The molecule has 0 radical (unpaired) electrons. The molecular weight excluding hydrogens is 541 g/mol. The van der Waals surface area contributed by atoms with Gasteiger partial charge in [0.15, 0.2) is 15.7 Å². The number of sulfone groups is 1. The molecule has 11 heteroatoms. The fraction of sp³-hybridized carbons (Fsp3) is 0.321. The summed E-state index contributed by atoms with van der Waals surface area (Å²) in [4.78, 5) is 17.3. The van der Waals surface area contributed by atoms with Crippen LogP contribution in [0.3, 0.4) is 0 Å². The van der Waals surface area contributed by atoms with Gasteiger partial charge in [0.1, 0.15) is 23.6 Å². The SMILES string of the molecule is C=CS(=O)(=O)CCN(C)c1nc(OC[C@@H]2CCCN2C)nc2c(F)c(-c3cccc4cccc(Cl)c34)ncc12. The molecular formula is C28H29ClFN5O3S. The number of anilines is 1. The van der Waals surface area contributed by atoms with Crippen LogP contribution in [0.2, 0.25) is 5.02 Å². The predicted molar refractivity (Wildman–Crippen MR) is 154 cm³/mol. The number of hydrogen-bond acceptors (Lipinski definition) is 8. The lowest BCUT2D eigenvalue weighted by atomic mass is 10.0. The highest BCUT2D eigenvalue weighted by Gasteiger charge is 2.24. The van der Waals surface area contributed by atoms with Crippen LogP contribution in [0.5, 0.6) is 6.01 Å². The van der Waals surface area contributed by atoms with E-state index in [1.54, 1.807) is 24.1 Å². The van der Waals surface area contributed by atoms with Crippen molar-refractivity contribution in [3.05, 3.63) is 65.4 Å². The first-order valence-electron chi connectivity index (χ1n) is 12.6. The molecule has 204 valence electrons. The predicted octanol–water partition coefficient (Wildman–Crippen LogP) is 5.11. The number of rotatable bonds is 9. The lowest BCUT2D eigenvalue weighted by Crippen LogP contribution is -2.31. The Hall–Kier alpha value is -3.34. The fourth-order valence-corrected chi connectivity index (χ4v) is 5.85. The van der Waals surface area contributed by atoms with Crippen molar-refractivity contribution < 1.29 is 17.5 Å². The summed E-state index contributed by atoms with van der Waals surface area (Å²) >= 11 is 6.51. The fourth-order valence-electron chi connectivity index (χ4n) is 4.87. The zero-order valence-corrected chi connectivity index (χ0v) is 23.3. The number of ether oxygens (including phenoxy) is 1. The van der Waals surface area contributed by atoms with Gasteiger partial charge in [0.2, 0.25) is 0 Å².